The highest BCUT2D eigenvalue weighted by molar-refractivity contribution is 7.86. The third-order valence-electron chi connectivity index (χ3n) is 4.84. The van der Waals surface area contributed by atoms with Crippen molar-refractivity contribution in [3.05, 3.63) is 91.0 Å². The molecule has 2 N–H and O–H groups in total. The lowest BCUT2D eigenvalue weighted by atomic mass is 9.90. The molecule has 150 valence electrons. The average molecular weight is 417 g/mol. The molecule has 0 aliphatic carbocycles. The Balaban J connectivity index is 2.25. The summed E-state index contributed by atoms with van der Waals surface area (Å²) in [6.45, 7) is 0. The first-order valence-corrected chi connectivity index (χ1v) is 10.5. The maximum Gasteiger partial charge on any atom is 0.136 e. The van der Waals surface area contributed by atoms with Gasteiger partial charge in [0, 0.05) is 11.1 Å². The highest BCUT2D eigenvalue weighted by Crippen LogP contribution is 2.53. The third kappa shape index (κ3) is 3.43. The van der Waals surface area contributed by atoms with Gasteiger partial charge in [0.25, 0.3) is 0 Å². The highest BCUT2D eigenvalue weighted by atomic mass is 32.2. The molecule has 0 saturated carbocycles. The van der Waals surface area contributed by atoms with Gasteiger partial charge in [-0.25, -0.2) is 8.42 Å². The first kappa shape index (κ1) is 19.7. The molecule has 0 aliphatic rings. The number of rotatable bonds is 4. The minimum Gasteiger partial charge on any atom is -0.744 e. The molecule has 0 bridgehead atoms. The van der Waals surface area contributed by atoms with E-state index in [1.54, 1.807) is 91.0 Å². The predicted octanol–water partition coefficient (Wildman–Crippen LogP) is 5.00. The smallest absolute Gasteiger partial charge is 0.136 e. The zero-order valence-corrected chi connectivity index (χ0v) is 16.5. The Morgan fingerprint density at radius 1 is 0.533 bits per heavy atom. The summed E-state index contributed by atoms with van der Waals surface area (Å²) in [5.41, 5.74) is 0.956. The number of hydrogen-bond acceptors (Lipinski definition) is 5. The van der Waals surface area contributed by atoms with Gasteiger partial charge in [0.2, 0.25) is 0 Å². The fourth-order valence-corrected chi connectivity index (χ4v) is 4.50. The quantitative estimate of drug-likeness (QED) is 0.455. The van der Waals surface area contributed by atoms with Crippen molar-refractivity contribution in [1.29, 1.82) is 0 Å². The Labute approximate surface area is 174 Å². The summed E-state index contributed by atoms with van der Waals surface area (Å²) in [5.74, 6) is -0.946. The Hall–Kier alpha value is -3.61. The van der Waals surface area contributed by atoms with E-state index in [1.165, 1.54) is 0 Å². The number of aromatic hydroxyl groups is 2. The molecule has 4 aromatic carbocycles. The molecular formula is C24H17O5S-. The molecule has 0 amide bonds. The lowest BCUT2D eigenvalue weighted by molar-refractivity contribution is 0.445. The van der Waals surface area contributed by atoms with Crippen molar-refractivity contribution < 1.29 is 23.2 Å². The van der Waals surface area contributed by atoms with Crippen LogP contribution in [0.15, 0.2) is 95.9 Å². The van der Waals surface area contributed by atoms with Gasteiger partial charge in [-0.3, -0.25) is 0 Å². The second-order valence-corrected chi connectivity index (χ2v) is 8.02. The molecule has 0 spiro atoms. The molecule has 0 fully saturated rings. The molecule has 30 heavy (non-hydrogen) atoms. The van der Waals surface area contributed by atoms with Crippen LogP contribution >= 0.6 is 0 Å². The van der Waals surface area contributed by atoms with Crippen LogP contribution in [0.2, 0.25) is 0 Å². The first-order chi connectivity index (χ1) is 14.4. The molecule has 0 unspecified atom stereocenters. The van der Waals surface area contributed by atoms with Crippen LogP contribution in [0.4, 0.5) is 0 Å². The summed E-state index contributed by atoms with van der Waals surface area (Å²) in [5, 5.41) is 22.3. The van der Waals surface area contributed by atoms with Gasteiger partial charge in [-0.05, 0) is 16.7 Å². The molecule has 0 aromatic heterocycles. The van der Waals surface area contributed by atoms with Crippen LogP contribution in [0.25, 0.3) is 33.4 Å². The molecular weight excluding hydrogens is 400 g/mol. The standard InChI is InChI=1S/C24H18O5S/c25-22-19(16-10-4-1-5-11-16)23(26)21(18-14-8-3-9-15-18)24(30(27,28)29)20(22)17-12-6-2-7-13-17/h1-15,25-26H,(H,27,28,29)/p-1. The van der Waals surface area contributed by atoms with Crippen molar-refractivity contribution in [3.63, 3.8) is 0 Å². The Kier molecular flexibility index (Phi) is 5.03. The van der Waals surface area contributed by atoms with E-state index < -0.39 is 26.5 Å². The predicted molar refractivity (Wildman–Crippen MR) is 114 cm³/mol. The number of phenols is 2. The van der Waals surface area contributed by atoms with E-state index >= 15 is 0 Å². The molecule has 0 heterocycles. The van der Waals surface area contributed by atoms with Crippen molar-refractivity contribution in [2.45, 2.75) is 4.90 Å². The second-order valence-electron chi connectivity index (χ2n) is 6.70. The van der Waals surface area contributed by atoms with Crippen LogP contribution < -0.4 is 0 Å². The minimum absolute atomic E-state index is 0.0562. The van der Waals surface area contributed by atoms with Gasteiger partial charge >= 0.3 is 0 Å². The fraction of sp³-hybridized carbons (Fsp3) is 0. The van der Waals surface area contributed by atoms with Crippen LogP contribution in [-0.2, 0) is 10.1 Å². The number of phenolic OH excluding ortho intramolecular Hbond substituents is 2. The van der Waals surface area contributed by atoms with Crippen LogP contribution in [0.3, 0.4) is 0 Å². The third-order valence-corrected chi connectivity index (χ3v) is 5.75. The van der Waals surface area contributed by atoms with E-state index in [0.717, 1.165) is 0 Å². The second kappa shape index (κ2) is 7.67. The Bertz CT molecular complexity index is 1230. The van der Waals surface area contributed by atoms with Gasteiger partial charge in [-0.1, -0.05) is 91.0 Å². The van der Waals surface area contributed by atoms with Gasteiger partial charge in [-0.15, -0.1) is 0 Å². The van der Waals surface area contributed by atoms with Crippen LogP contribution in [0.5, 0.6) is 11.5 Å². The number of benzene rings is 4. The average Bonchev–Trinajstić information content (AvgIpc) is 2.75. The first-order valence-electron chi connectivity index (χ1n) is 9.13. The monoisotopic (exact) mass is 417 g/mol. The Morgan fingerprint density at radius 2 is 0.833 bits per heavy atom. The van der Waals surface area contributed by atoms with Gasteiger partial charge in [0.05, 0.1) is 10.5 Å². The maximum absolute atomic E-state index is 12.4. The molecule has 4 rings (SSSR count). The van der Waals surface area contributed by atoms with Crippen molar-refractivity contribution in [2.75, 3.05) is 0 Å². The highest BCUT2D eigenvalue weighted by Gasteiger charge is 2.29. The van der Waals surface area contributed by atoms with E-state index in [9.17, 15) is 23.2 Å². The molecule has 4 aromatic rings. The van der Waals surface area contributed by atoms with Crippen LogP contribution in [-0.4, -0.2) is 23.2 Å². The van der Waals surface area contributed by atoms with E-state index in [4.69, 9.17) is 0 Å². The normalized spacial score (nSPS) is 11.4. The molecule has 0 radical (unpaired) electrons. The van der Waals surface area contributed by atoms with Crippen molar-refractivity contribution in [3.8, 4) is 44.9 Å². The summed E-state index contributed by atoms with van der Waals surface area (Å²) in [6.07, 6.45) is 0. The number of hydrogen-bond donors (Lipinski definition) is 2. The molecule has 0 aliphatic heterocycles. The molecule has 5 nitrogen and oxygen atoms in total. The van der Waals surface area contributed by atoms with Crippen molar-refractivity contribution in [1.82, 2.24) is 0 Å². The van der Waals surface area contributed by atoms with E-state index in [-0.39, 0.29) is 16.7 Å². The topological polar surface area (TPSA) is 97.7 Å². The molecule has 0 atom stereocenters. The summed E-state index contributed by atoms with van der Waals surface area (Å²) >= 11 is 0. The lowest BCUT2D eigenvalue weighted by Crippen LogP contribution is -2.06. The minimum atomic E-state index is -5.07. The SMILES string of the molecule is O=S(=O)([O-])c1c(-c2ccccc2)c(O)c(-c2ccccc2)c(O)c1-c1ccccc1. The largest absolute Gasteiger partial charge is 0.744 e. The van der Waals surface area contributed by atoms with Gasteiger partial charge in [-0.2, -0.15) is 0 Å². The zero-order chi connectivity index (χ0) is 21.3. The fourth-order valence-electron chi connectivity index (χ4n) is 3.58. The van der Waals surface area contributed by atoms with E-state index in [0.29, 0.717) is 16.7 Å². The van der Waals surface area contributed by atoms with Crippen molar-refractivity contribution in [2.24, 2.45) is 0 Å². The molecule has 0 saturated heterocycles. The Morgan fingerprint density at radius 3 is 1.13 bits per heavy atom. The van der Waals surface area contributed by atoms with Gasteiger partial charge in [0.15, 0.2) is 0 Å². The van der Waals surface area contributed by atoms with Crippen molar-refractivity contribution >= 4 is 10.1 Å². The lowest BCUT2D eigenvalue weighted by Gasteiger charge is -2.23. The van der Waals surface area contributed by atoms with E-state index in [2.05, 4.69) is 0 Å². The summed E-state index contributed by atoms with van der Waals surface area (Å²) < 4.78 is 37.2. The summed E-state index contributed by atoms with van der Waals surface area (Å²) in [6, 6.07) is 25.2. The van der Waals surface area contributed by atoms with Gasteiger partial charge in [0.1, 0.15) is 21.6 Å². The van der Waals surface area contributed by atoms with Crippen LogP contribution in [0.1, 0.15) is 0 Å². The van der Waals surface area contributed by atoms with Gasteiger partial charge < -0.3 is 14.8 Å². The molecule has 6 heteroatoms. The summed E-state index contributed by atoms with van der Waals surface area (Å²) in [4.78, 5) is -0.658. The zero-order valence-electron chi connectivity index (χ0n) is 15.7. The summed E-state index contributed by atoms with van der Waals surface area (Å²) in [7, 11) is -5.07. The van der Waals surface area contributed by atoms with Crippen LogP contribution in [0, 0.1) is 0 Å². The van der Waals surface area contributed by atoms with E-state index in [1.807, 2.05) is 0 Å². The maximum atomic E-state index is 12.4.